The smallest absolute Gasteiger partial charge is 0.139 e. The molecular weight excluding hydrogens is 196 g/mol. The zero-order valence-electron chi connectivity index (χ0n) is 9.61. The van der Waals surface area contributed by atoms with Crippen LogP contribution >= 0.6 is 0 Å². The SMILES string of the molecule is CC(C)OCCOCCCCC(N)=NO. The minimum Gasteiger partial charge on any atom is -0.409 e. The predicted octanol–water partition coefficient (Wildman–Crippen LogP) is 1.34. The van der Waals surface area contributed by atoms with Crippen molar-refractivity contribution in [3.63, 3.8) is 0 Å². The molecule has 0 atom stereocenters. The Labute approximate surface area is 91.2 Å². The van der Waals surface area contributed by atoms with Crippen LogP contribution in [0.1, 0.15) is 33.1 Å². The summed E-state index contributed by atoms with van der Waals surface area (Å²) in [4.78, 5) is 0. The van der Waals surface area contributed by atoms with Crippen molar-refractivity contribution in [1.29, 1.82) is 0 Å². The van der Waals surface area contributed by atoms with E-state index in [1.54, 1.807) is 0 Å². The number of ether oxygens (including phenoxy) is 2. The van der Waals surface area contributed by atoms with Crippen molar-refractivity contribution in [2.45, 2.75) is 39.2 Å². The van der Waals surface area contributed by atoms with Crippen molar-refractivity contribution >= 4 is 5.84 Å². The van der Waals surface area contributed by atoms with E-state index < -0.39 is 0 Å². The Morgan fingerprint density at radius 2 is 2.00 bits per heavy atom. The fourth-order valence-electron chi connectivity index (χ4n) is 1.01. The molecule has 0 aromatic rings. The van der Waals surface area contributed by atoms with Gasteiger partial charge in [0.2, 0.25) is 0 Å². The zero-order valence-corrected chi connectivity index (χ0v) is 9.61. The maximum atomic E-state index is 8.27. The van der Waals surface area contributed by atoms with Gasteiger partial charge in [-0.25, -0.2) is 0 Å². The lowest BCUT2D eigenvalue weighted by Crippen LogP contribution is -2.12. The topological polar surface area (TPSA) is 77.1 Å². The first-order chi connectivity index (χ1) is 7.16. The lowest BCUT2D eigenvalue weighted by Gasteiger charge is -2.07. The van der Waals surface area contributed by atoms with E-state index in [0.29, 0.717) is 26.2 Å². The molecule has 0 bridgehead atoms. The molecule has 0 unspecified atom stereocenters. The average molecular weight is 218 g/mol. The third-order valence-electron chi connectivity index (χ3n) is 1.78. The van der Waals surface area contributed by atoms with Gasteiger partial charge in [0.25, 0.3) is 0 Å². The van der Waals surface area contributed by atoms with E-state index in [-0.39, 0.29) is 11.9 Å². The molecule has 90 valence electrons. The molecule has 0 aliphatic rings. The van der Waals surface area contributed by atoms with Gasteiger partial charge in [0.05, 0.1) is 19.3 Å². The Balaban J connectivity index is 3.05. The molecule has 0 aromatic heterocycles. The molecule has 0 saturated carbocycles. The fraction of sp³-hybridized carbons (Fsp3) is 0.900. The van der Waals surface area contributed by atoms with Crippen molar-refractivity contribution in [2.24, 2.45) is 10.9 Å². The number of nitrogens with zero attached hydrogens (tertiary/aromatic N) is 1. The van der Waals surface area contributed by atoms with Gasteiger partial charge in [0.15, 0.2) is 0 Å². The van der Waals surface area contributed by atoms with Gasteiger partial charge >= 0.3 is 0 Å². The second kappa shape index (κ2) is 9.73. The predicted molar refractivity (Wildman–Crippen MR) is 59.2 cm³/mol. The van der Waals surface area contributed by atoms with Crippen molar-refractivity contribution in [2.75, 3.05) is 19.8 Å². The largest absolute Gasteiger partial charge is 0.409 e. The van der Waals surface area contributed by atoms with Gasteiger partial charge in [0.1, 0.15) is 5.84 Å². The highest BCUT2D eigenvalue weighted by atomic mass is 16.5. The van der Waals surface area contributed by atoms with Crippen LogP contribution in [0, 0.1) is 0 Å². The Morgan fingerprint density at radius 3 is 2.60 bits per heavy atom. The van der Waals surface area contributed by atoms with Gasteiger partial charge in [-0.2, -0.15) is 0 Å². The van der Waals surface area contributed by atoms with Crippen LogP contribution in [0.5, 0.6) is 0 Å². The molecule has 3 N–H and O–H groups in total. The quantitative estimate of drug-likeness (QED) is 0.201. The molecule has 0 saturated heterocycles. The van der Waals surface area contributed by atoms with Crippen LogP contribution in [0.25, 0.3) is 0 Å². The minimum atomic E-state index is 0.258. The molecule has 5 heteroatoms. The summed E-state index contributed by atoms with van der Waals surface area (Å²) in [5, 5.41) is 11.2. The Hall–Kier alpha value is -0.810. The molecule has 0 aliphatic carbocycles. The van der Waals surface area contributed by atoms with Crippen LogP contribution in [-0.2, 0) is 9.47 Å². The summed E-state index contributed by atoms with van der Waals surface area (Å²) < 4.78 is 10.6. The lowest BCUT2D eigenvalue weighted by molar-refractivity contribution is 0.0188. The van der Waals surface area contributed by atoms with Crippen LogP contribution < -0.4 is 5.73 Å². The average Bonchev–Trinajstić information content (AvgIpc) is 2.21. The molecule has 0 amide bonds. The number of oxime groups is 1. The first-order valence-electron chi connectivity index (χ1n) is 5.32. The van der Waals surface area contributed by atoms with E-state index in [2.05, 4.69) is 5.16 Å². The van der Waals surface area contributed by atoms with Gasteiger partial charge in [-0.1, -0.05) is 5.16 Å². The van der Waals surface area contributed by atoms with E-state index in [1.807, 2.05) is 13.8 Å². The maximum absolute atomic E-state index is 8.27. The molecule has 0 aliphatic heterocycles. The van der Waals surface area contributed by atoms with Gasteiger partial charge in [-0.3, -0.25) is 0 Å². The van der Waals surface area contributed by atoms with Crippen LogP contribution in [0.3, 0.4) is 0 Å². The third-order valence-corrected chi connectivity index (χ3v) is 1.78. The van der Waals surface area contributed by atoms with Crippen molar-refractivity contribution in [3.05, 3.63) is 0 Å². The lowest BCUT2D eigenvalue weighted by atomic mass is 10.2. The van der Waals surface area contributed by atoms with E-state index in [1.165, 1.54) is 0 Å². The Kier molecular flexibility index (Phi) is 9.21. The number of rotatable bonds is 9. The number of amidine groups is 1. The van der Waals surface area contributed by atoms with Crippen molar-refractivity contribution in [3.8, 4) is 0 Å². The van der Waals surface area contributed by atoms with E-state index in [9.17, 15) is 0 Å². The molecule has 15 heavy (non-hydrogen) atoms. The number of hydrogen-bond donors (Lipinski definition) is 2. The molecule has 0 heterocycles. The molecule has 0 rings (SSSR count). The first kappa shape index (κ1) is 14.2. The second-order valence-corrected chi connectivity index (χ2v) is 3.58. The highest BCUT2D eigenvalue weighted by Gasteiger charge is 1.95. The maximum Gasteiger partial charge on any atom is 0.139 e. The molecular formula is C10H22N2O3. The van der Waals surface area contributed by atoms with Gasteiger partial charge in [0, 0.05) is 13.0 Å². The number of nitrogens with two attached hydrogens (primary N) is 1. The van der Waals surface area contributed by atoms with Gasteiger partial charge in [-0.05, 0) is 26.7 Å². The first-order valence-corrected chi connectivity index (χ1v) is 5.32. The zero-order chi connectivity index (χ0) is 11.5. The normalized spacial score (nSPS) is 12.3. The fourth-order valence-corrected chi connectivity index (χ4v) is 1.01. The van der Waals surface area contributed by atoms with Crippen LogP contribution in [-0.4, -0.2) is 37.0 Å². The summed E-state index contributed by atoms with van der Waals surface area (Å²) in [5.74, 6) is 0.276. The highest BCUT2D eigenvalue weighted by molar-refractivity contribution is 5.79. The number of unbranched alkanes of at least 4 members (excludes halogenated alkanes) is 1. The number of hydrogen-bond acceptors (Lipinski definition) is 4. The van der Waals surface area contributed by atoms with Gasteiger partial charge in [-0.15, -0.1) is 0 Å². The Morgan fingerprint density at radius 1 is 1.27 bits per heavy atom. The van der Waals surface area contributed by atoms with Crippen LogP contribution in [0.15, 0.2) is 5.16 Å². The summed E-state index contributed by atoms with van der Waals surface area (Å²) in [6.45, 7) is 5.95. The van der Waals surface area contributed by atoms with E-state index >= 15 is 0 Å². The van der Waals surface area contributed by atoms with Crippen molar-refractivity contribution < 1.29 is 14.7 Å². The summed E-state index contributed by atoms with van der Waals surface area (Å²) in [7, 11) is 0. The van der Waals surface area contributed by atoms with Gasteiger partial charge < -0.3 is 20.4 Å². The van der Waals surface area contributed by atoms with Crippen LogP contribution in [0.4, 0.5) is 0 Å². The minimum absolute atomic E-state index is 0.258. The standard InChI is InChI=1S/C10H22N2O3/c1-9(2)15-8-7-14-6-4-3-5-10(11)12-13/h9,13H,3-8H2,1-2H3,(H2,11,12). The summed E-state index contributed by atoms with van der Waals surface area (Å²) in [6.07, 6.45) is 2.66. The van der Waals surface area contributed by atoms with E-state index in [0.717, 1.165) is 12.8 Å². The highest BCUT2D eigenvalue weighted by Crippen LogP contribution is 1.96. The molecule has 0 fully saturated rings. The van der Waals surface area contributed by atoms with E-state index in [4.69, 9.17) is 20.4 Å². The summed E-state index contributed by atoms with van der Waals surface area (Å²) in [5.41, 5.74) is 5.31. The van der Waals surface area contributed by atoms with Crippen molar-refractivity contribution in [1.82, 2.24) is 0 Å². The monoisotopic (exact) mass is 218 g/mol. The molecule has 5 nitrogen and oxygen atoms in total. The van der Waals surface area contributed by atoms with Crippen LogP contribution in [0.2, 0.25) is 0 Å². The molecule has 0 radical (unpaired) electrons. The summed E-state index contributed by atoms with van der Waals surface area (Å²) >= 11 is 0. The Bertz CT molecular complexity index is 172. The second-order valence-electron chi connectivity index (χ2n) is 3.58. The summed E-state index contributed by atoms with van der Waals surface area (Å²) in [6, 6.07) is 0. The third kappa shape index (κ3) is 11.1. The molecule has 0 spiro atoms. The molecule has 0 aromatic carbocycles.